The van der Waals surface area contributed by atoms with Gasteiger partial charge in [-0.2, -0.15) is 0 Å². The molecule has 1 amide bonds. The number of aliphatic hydroxyl groups excluding tert-OH is 1. The molecule has 25 heavy (non-hydrogen) atoms. The predicted octanol–water partition coefficient (Wildman–Crippen LogP) is 2.07. The Bertz CT molecular complexity index is 689. The average Bonchev–Trinajstić information content (AvgIpc) is 2.64. The fourth-order valence-corrected chi connectivity index (χ4v) is 2.82. The number of aliphatic hydroxyl groups is 1. The first kappa shape index (κ1) is 17.5. The van der Waals surface area contributed by atoms with E-state index in [0.29, 0.717) is 32.0 Å². The van der Waals surface area contributed by atoms with Gasteiger partial charge in [-0.1, -0.05) is 48.5 Å². The predicted molar refractivity (Wildman–Crippen MR) is 94.3 cm³/mol. The number of ether oxygens (including phenoxy) is 2. The van der Waals surface area contributed by atoms with E-state index in [4.69, 9.17) is 9.47 Å². The molecular weight excluding hydrogens is 318 g/mol. The number of nitrogens with one attached hydrogen (secondary N) is 1. The lowest BCUT2D eigenvalue weighted by atomic mass is 10.1. The Morgan fingerprint density at radius 2 is 1.92 bits per heavy atom. The molecule has 0 saturated carbocycles. The van der Waals surface area contributed by atoms with Crippen molar-refractivity contribution in [3.63, 3.8) is 0 Å². The topological polar surface area (TPSA) is 67.8 Å². The van der Waals surface area contributed by atoms with Crippen LogP contribution in [0.5, 0.6) is 5.75 Å². The van der Waals surface area contributed by atoms with Crippen molar-refractivity contribution in [1.29, 1.82) is 0 Å². The highest BCUT2D eigenvalue weighted by atomic mass is 16.5. The van der Waals surface area contributed by atoms with Gasteiger partial charge in [0.25, 0.3) is 0 Å². The summed E-state index contributed by atoms with van der Waals surface area (Å²) in [6.45, 7) is 1.33. The third-order valence-electron chi connectivity index (χ3n) is 4.23. The van der Waals surface area contributed by atoms with Crippen molar-refractivity contribution in [3.05, 3.63) is 65.7 Å². The molecule has 0 radical (unpaired) electrons. The number of amides is 1. The van der Waals surface area contributed by atoms with Gasteiger partial charge in [0.05, 0.1) is 25.2 Å². The van der Waals surface area contributed by atoms with Gasteiger partial charge in [-0.25, -0.2) is 0 Å². The zero-order valence-corrected chi connectivity index (χ0v) is 14.1. The Kier molecular flexibility index (Phi) is 6.04. The highest BCUT2D eigenvalue weighted by Crippen LogP contribution is 2.20. The van der Waals surface area contributed by atoms with Crippen LogP contribution in [-0.4, -0.2) is 36.4 Å². The molecule has 2 N–H and O–H groups in total. The number of carbonyl (C=O) groups is 1. The fourth-order valence-electron chi connectivity index (χ4n) is 2.82. The van der Waals surface area contributed by atoms with Crippen molar-refractivity contribution < 1.29 is 19.4 Å². The fraction of sp³-hybridized carbons (Fsp3) is 0.350. The van der Waals surface area contributed by atoms with E-state index >= 15 is 0 Å². The van der Waals surface area contributed by atoms with Crippen LogP contribution < -0.4 is 10.1 Å². The Morgan fingerprint density at radius 1 is 1.16 bits per heavy atom. The minimum atomic E-state index is -0.553. The monoisotopic (exact) mass is 341 g/mol. The second-order valence-corrected chi connectivity index (χ2v) is 6.16. The molecule has 5 nitrogen and oxygen atoms in total. The van der Waals surface area contributed by atoms with Crippen LogP contribution in [0.15, 0.2) is 54.6 Å². The molecule has 0 aromatic heterocycles. The van der Waals surface area contributed by atoms with Gasteiger partial charge < -0.3 is 19.9 Å². The van der Waals surface area contributed by atoms with Crippen LogP contribution in [0, 0.1) is 0 Å². The molecule has 1 aliphatic rings. The summed E-state index contributed by atoms with van der Waals surface area (Å²) in [4.78, 5) is 12.3. The van der Waals surface area contributed by atoms with E-state index in [1.54, 1.807) is 0 Å². The highest BCUT2D eigenvalue weighted by Gasteiger charge is 2.25. The van der Waals surface area contributed by atoms with Crippen molar-refractivity contribution in [2.75, 3.05) is 13.2 Å². The molecule has 5 heteroatoms. The number of benzene rings is 2. The third-order valence-corrected chi connectivity index (χ3v) is 4.23. The zero-order chi connectivity index (χ0) is 17.5. The molecule has 0 spiro atoms. The Labute approximate surface area is 147 Å². The van der Waals surface area contributed by atoms with E-state index in [-0.39, 0.29) is 18.4 Å². The minimum absolute atomic E-state index is 0.148. The van der Waals surface area contributed by atoms with Gasteiger partial charge in [0.15, 0.2) is 0 Å². The Morgan fingerprint density at radius 3 is 2.72 bits per heavy atom. The van der Waals surface area contributed by atoms with Crippen molar-refractivity contribution >= 4 is 5.91 Å². The van der Waals surface area contributed by atoms with Gasteiger partial charge >= 0.3 is 0 Å². The number of para-hydroxylation sites is 1. The molecule has 2 aromatic rings. The molecule has 2 aromatic carbocycles. The molecule has 2 atom stereocenters. The second kappa shape index (κ2) is 8.65. The van der Waals surface area contributed by atoms with Gasteiger partial charge in [-0.05, 0) is 18.1 Å². The van der Waals surface area contributed by atoms with Crippen LogP contribution >= 0.6 is 0 Å². The van der Waals surface area contributed by atoms with Gasteiger partial charge in [0, 0.05) is 12.2 Å². The van der Waals surface area contributed by atoms with E-state index < -0.39 is 6.10 Å². The summed E-state index contributed by atoms with van der Waals surface area (Å²) >= 11 is 0. The van der Waals surface area contributed by atoms with E-state index in [1.807, 2.05) is 54.6 Å². The maximum Gasteiger partial charge on any atom is 0.224 e. The lowest BCUT2D eigenvalue weighted by molar-refractivity contribution is -0.124. The second-order valence-electron chi connectivity index (χ2n) is 6.16. The maximum atomic E-state index is 12.3. The molecule has 0 unspecified atom stereocenters. The number of hydrogen-bond donors (Lipinski definition) is 2. The van der Waals surface area contributed by atoms with E-state index in [0.717, 1.165) is 11.1 Å². The summed E-state index contributed by atoms with van der Waals surface area (Å²) in [6.07, 6.45) is 0.192. The molecule has 1 saturated heterocycles. The summed E-state index contributed by atoms with van der Waals surface area (Å²) < 4.78 is 11.2. The van der Waals surface area contributed by atoms with Gasteiger partial charge in [0.2, 0.25) is 5.91 Å². The quantitative estimate of drug-likeness (QED) is 0.844. The van der Waals surface area contributed by atoms with Crippen molar-refractivity contribution in [1.82, 2.24) is 5.32 Å². The summed E-state index contributed by atoms with van der Waals surface area (Å²) in [5.41, 5.74) is 1.89. The average molecular weight is 341 g/mol. The highest BCUT2D eigenvalue weighted by molar-refractivity contribution is 5.79. The number of rotatable bonds is 6. The Balaban J connectivity index is 1.59. The van der Waals surface area contributed by atoms with Crippen molar-refractivity contribution in [3.8, 4) is 5.75 Å². The molecule has 1 fully saturated rings. The van der Waals surface area contributed by atoms with E-state index in [2.05, 4.69) is 5.32 Å². The lowest BCUT2D eigenvalue weighted by Crippen LogP contribution is -2.49. The van der Waals surface area contributed by atoms with Crippen LogP contribution in [0.2, 0.25) is 0 Å². The maximum absolute atomic E-state index is 12.3. The minimum Gasteiger partial charge on any atom is -0.489 e. The largest absolute Gasteiger partial charge is 0.489 e. The van der Waals surface area contributed by atoms with Crippen molar-refractivity contribution in [2.45, 2.75) is 31.6 Å². The van der Waals surface area contributed by atoms with Crippen LogP contribution in [0.25, 0.3) is 0 Å². The standard InChI is InChI=1S/C20H23NO4/c22-18-10-11-24-14-17(18)21-20(23)12-16-8-4-5-9-19(16)25-13-15-6-2-1-3-7-15/h1-9,17-18,22H,10-14H2,(H,21,23)/t17-,18-/m1/s1. The number of hydrogen-bond acceptors (Lipinski definition) is 4. The summed E-state index contributed by atoms with van der Waals surface area (Å²) in [7, 11) is 0. The van der Waals surface area contributed by atoms with E-state index in [9.17, 15) is 9.90 Å². The van der Waals surface area contributed by atoms with Crippen LogP contribution in [0.4, 0.5) is 0 Å². The van der Waals surface area contributed by atoms with Gasteiger partial charge in [0.1, 0.15) is 12.4 Å². The molecule has 0 aliphatic carbocycles. The van der Waals surface area contributed by atoms with Crippen LogP contribution in [0.1, 0.15) is 17.5 Å². The molecule has 1 aliphatic heterocycles. The van der Waals surface area contributed by atoms with Crippen LogP contribution in [0.3, 0.4) is 0 Å². The molecule has 132 valence electrons. The Hall–Kier alpha value is -2.37. The third kappa shape index (κ3) is 5.05. The molecular formula is C20H23NO4. The zero-order valence-electron chi connectivity index (χ0n) is 14.1. The summed E-state index contributed by atoms with van der Waals surface area (Å²) in [5, 5.41) is 12.8. The van der Waals surface area contributed by atoms with Crippen molar-refractivity contribution in [2.24, 2.45) is 0 Å². The smallest absolute Gasteiger partial charge is 0.224 e. The van der Waals surface area contributed by atoms with Gasteiger partial charge in [-0.3, -0.25) is 4.79 Å². The molecule has 1 heterocycles. The summed E-state index contributed by atoms with van der Waals surface area (Å²) in [6, 6.07) is 17.1. The van der Waals surface area contributed by atoms with E-state index in [1.165, 1.54) is 0 Å². The summed E-state index contributed by atoms with van der Waals surface area (Å²) in [5.74, 6) is 0.548. The first-order valence-electron chi connectivity index (χ1n) is 8.52. The molecule has 3 rings (SSSR count). The lowest BCUT2D eigenvalue weighted by Gasteiger charge is -2.28. The number of carbonyl (C=O) groups excluding carboxylic acids is 1. The molecule has 0 bridgehead atoms. The normalized spacial score (nSPS) is 20.0. The van der Waals surface area contributed by atoms with Crippen LogP contribution in [-0.2, 0) is 22.6 Å². The first-order valence-corrected chi connectivity index (χ1v) is 8.52. The first-order chi connectivity index (χ1) is 12.2. The van der Waals surface area contributed by atoms with Gasteiger partial charge in [-0.15, -0.1) is 0 Å². The SMILES string of the molecule is O=C(Cc1ccccc1OCc1ccccc1)N[C@@H]1COCC[C@H]1O.